The fraction of sp³-hybridized carbons (Fsp3) is 0.500. The average molecular weight is 242 g/mol. The van der Waals surface area contributed by atoms with E-state index in [1.54, 1.807) is 20.8 Å². The van der Waals surface area contributed by atoms with Crippen LogP contribution in [0.25, 0.3) is 0 Å². The topological polar surface area (TPSA) is 102 Å². The highest BCUT2D eigenvalue weighted by Gasteiger charge is 2.19. The van der Waals surface area contributed by atoms with Gasteiger partial charge in [0.15, 0.2) is 5.76 Å². The van der Waals surface area contributed by atoms with Crippen molar-refractivity contribution in [1.29, 1.82) is 0 Å². The van der Waals surface area contributed by atoms with Gasteiger partial charge in [-0.3, -0.25) is 0 Å². The van der Waals surface area contributed by atoms with Crippen LogP contribution in [0, 0.1) is 0 Å². The summed E-state index contributed by atoms with van der Waals surface area (Å²) in [6.45, 7) is 5.09. The Labute approximate surface area is 97.7 Å². The number of carboxylic acid groups (broad SMARTS) is 1. The van der Waals surface area contributed by atoms with E-state index in [1.165, 1.54) is 0 Å². The van der Waals surface area contributed by atoms with Crippen molar-refractivity contribution in [3.8, 4) is 0 Å². The van der Waals surface area contributed by atoms with Crippen LogP contribution in [0.2, 0.25) is 0 Å². The van der Waals surface area contributed by atoms with E-state index >= 15 is 0 Å². The molecular formula is C10H14N2O5. The zero-order valence-electron chi connectivity index (χ0n) is 9.81. The van der Waals surface area contributed by atoms with Gasteiger partial charge in [-0.15, -0.1) is 0 Å². The molecular weight excluding hydrogens is 228 g/mol. The Kier molecular flexibility index (Phi) is 3.72. The highest BCUT2D eigenvalue weighted by atomic mass is 16.6. The molecule has 0 unspecified atom stereocenters. The van der Waals surface area contributed by atoms with Gasteiger partial charge in [0.1, 0.15) is 11.2 Å². The molecule has 1 amide bonds. The molecule has 0 atom stereocenters. The van der Waals surface area contributed by atoms with Gasteiger partial charge in [-0.05, 0) is 20.8 Å². The summed E-state index contributed by atoms with van der Waals surface area (Å²) in [5.74, 6) is -1.09. The first kappa shape index (κ1) is 13.0. The van der Waals surface area contributed by atoms with Gasteiger partial charge in [0, 0.05) is 0 Å². The van der Waals surface area contributed by atoms with Gasteiger partial charge in [0.05, 0.1) is 12.7 Å². The van der Waals surface area contributed by atoms with Crippen molar-refractivity contribution in [3.63, 3.8) is 0 Å². The van der Waals surface area contributed by atoms with E-state index < -0.39 is 17.7 Å². The number of aromatic carboxylic acids is 1. The van der Waals surface area contributed by atoms with Crippen LogP contribution in [0.15, 0.2) is 10.7 Å². The first-order valence-corrected chi connectivity index (χ1v) is 4.93. The molecule has 17 heavy (non-hydrogen) atoms. The number of carbonyl (C=O) groups excluding carboxylic acids is 1. The maximum absolute atomic E-state index is 11.3. The third kappa shape index (κ3) is 4.13. The summed E-state index contributed by atoms with van der Waals surface area (Å²) < 4.78 is 9.68. The fourth-order valence-corrected chi connectivity index (χ4v) is 1.03. The second kappa shape index (κ2) is 4.86. The SMILES string of the molecule is CC(C)(C)OC(=O)NCc1oncc1C(=O)O. The van der Waals surface area contributed by atoms with Crippen molar-refractivity contribution in [2.45, 2.75) is 32.9 Å². The lowest BCUT2D eigenvalue weighted by atomic mass is 10.2. The summed E-state index contributed by atoms with van der Waals surface area (Å²) in [4.78, 5) is 22.0. The number of hydrogen-bond acceptors (Lipinski definition) is 5. The summed E-state index contributed by atoms with van der Waals surface area (Å²) in [5, 5.41) is 14.5. The summed E-state index contributed by atoms with van der Waals surface area (Å²) in [6.07, 6.45) is 0.430. The largest absolute Gasteiger partial charge is 0.478 e. The molecule has 1 aromatic heterocycles. The molecule has 0 aliphatic heterocycles. The number of carbonyl (C=O) groups is 2. The van der Waals surface area contributed by atoms with E-state index in [4.69, 9.17) is 14.4 Å². The van der Waals surface area contributed by atoms with Crippen LogP contribution < -0.4 is 5.32 Å². The number of hydrogen-bond donors (Lipinski definition) is 2. The Morgan fingerprint density at radius 3 is 2.71 bits per heavy atom. The fourth-order valence-electron chi connectivity index (χ4n) is 1.03. The molecule has 0 aliphatic rings. The van der Waals surface area contributed by atoms with Gasteiger partial charge in [-0.2, -0.15) is 0 Å². The Bertz CT molecular complexity index is 419. The molecule has 0 saturated carbocycles. The summed E-state index contributed by atoms with van der Waals surface area (Å²) in [5.41, 5.74) is -0.692. The summed E-state index contributed by atoms with van der Waals surface area (Å²) in [6, 6.07) is 0. The standard InChI is InChI=1S/C10H14N2O5/c1-10(2,3)16-9(15)11-5-7-6(8(13)14)4-12-17-7/h4H,5H2,1-3H3,(H,11,15)(H,13,14). The number of amides is 1. The van der Waals surface area contributed by atoms with Gasteiger partial charge in [-0.1, -0.05) is 5.16 Å². The quantitative estimate of drug-likeness (QED) is 0.830. The lowest BCUT2D eigenvalue weighted by Gasteiger charge is -2.19. The van der Waals surface area contributed by atoms with Crippen molar-refractivity contribution in [2.24, 2.45) is 0 Å². The van der Waals surface area contributed by atoms with Crippen molar-refractivity contribution in [2.75, 3.05) is 0 Å². The monoisotopic (exact) mass is 242 g/mol. The Morgan fingerprint density at radius 1 is 1.53 bits per heavy atom. The number of rotatable bonds is 3. The van der Waals surface area contributed by atoms with E-state index in [-0.39, 0.29) is 17.9 Å². The summed E-state index contributed by atoms with van der Waals surface area (Å²) >= 11 is 0. The third-order valence-corrected chi connectivity index (χ3v) is 1.67. The molecule has 1 aromatic rings. The normalized spacial score (nSPS) is 11.0. The molecule has 1 rings (SSSR count). The smallest absolute Gasteiger partial charge is 0.408 e. The van der Waals surface area contributed by atoms with Crippen LogP contribution in [-0.2, 0) is 11.3 Å². The molecule has 0 saturated heterocycles. The number of alkyl carbamates (subject to hydrolysis) is 1. The molecule has 7 heteroatoms. The predicted octanol–water partition coefficient (Wildman–Crippen LogP) is 1.40. The first-order chi connectivity index (χ1) is 7.79. The molecule has 2 N–H and O–H groups in total. The van der Waals surface area contributed by atoms with Crippen LogP contribution in [0.3, 0.4) is 0 Å². The number of nitrogens with zero attached hydrogens (tertiary/aromatic N) is 1. The first-order valence-electron chi connectivity index (χ1n) is 4.93. The van der Waals surface area contributed by atoms with Crippen LogP contribution in [0.5, 0.6) is 0 Å². The molecule has 0 aliphatic carbocycles. The molecule has 0 aromatic carbocycles. The van der Waals surface area contributed by atoms with Crippen molar-refractivity contribution in [1.82, 2.24) is 10.5 Å². The van der Waals surface area contributed by atoms with Gasteiger partial charge in [0.25, 0.3) is 0 Å². The second-order valence-electron chi connectivity index (χ2n) is 4.32. The zero-order valence-corrected chi connectivity index (χ0v) is 9.81. The molecule has 0 radical (unpaired) electrons. The Morgan fingerprint density at radius 2 is 2.18 bits per heavy atom. The van der Waals surface area contributed by atoms with Crippen LogP contribution in [-0.4, -0.2) is 27.9 Å². The van der Waals surface area contributed by atoms with E-state index in [0.29, 0.717) is 0 Å². The molecule has 0 bridgehead atoms. The summed E-state index contributed by atoms with van der Waals surface area (Å²) in [7, 11) is 0. The third-order valence-electron chi connectivity index (χ3n) is 1.67. The average Bonchev–Trinajstić information content (AvgIpc) is 2.59. The highest BCUT2D eigenvalue weighted by Crippen LogP contribution is 2.09. The van der Waals surface area contributed by atoms with Crippen molar-refractivity contribution >= 4 is 12.1 Å². The molecule has 1 heterocycles. The van der Waals surface area contributed by atoms with Crippen LogP contribution >= 0.6 is 0 Å². The minimum atomic E-state index is -1.16. The molecule has 0 spiro atoms. The van der Waals surface area contributed by atoms with E-state index in [0.717, 1.165) is 6.20 Å². The lowest BCUT2D eigenvalue weighted by Crippen LogP contribution is -2.32. The van der Waals surface area contributed by atoms with E-state index in [2.05, 4.69) is 10.5 Å². The van der Waals surface area contributed by atoms with E-state index in [9.17, 15) is 9.59 Å². The second-order valence-corrected chi connectivity index (χ2v) is 4.32. The van der Waals surface area contributed by atoms with Crippen molar-refractivity contribution < 1.29 is 24.0 Å². The van der Waals surface area contributed by atoms with Gasteiger partial charge in [-0.25, -0.2) is 9.59 Å². The number of nitrogens with one attached hydrogen (secondary N) is 1. The molecule has 7 nitrogen and oxygen atoms in total. The molecule has 94 valence electrons. The van der Waals surface area contributed by atoms with Crippen LogP contribution in [0.4, 0.5) is 4.79 Å². The van der Waals surface area contributed by atoms with Gasteiger partial charge >= 0.3 is 12.1 Å². The number of carboxylic acids is 1. The molecule has 0 fully saturated rings. The Balaban J connectivity index is 2.53. The number of aromatic nitrogens is 1. The predicted molar refractivity (Wildman–Crippen MR) is 56.5 cm³/mol. The zero-order chi connectivity index (χ0) is 13.1. The maximum atomic E-state index is 11.3. The van der Waals surface area contributed by atoms with Crippen molar-refractivity contribution in [3.05, 3.63) is 17.5 Å². The van der Waals surface area contributed by atoms with Crippen LogP contribution in [0.1, 0.15) is 36.9 Å². The minimum absolute atomic E-state index is 0.0726. The van der Waals surface area contributed by atoms with E-state index in [1.807, 2.05) is 0 Å². The lowest BCUT2D eigenvalue weighted by molar-refractivity contribution is 0.0515. The Hall–Kier alpha value is -2.05. The highest BCUT2D eigenvalue weighted by molar-refractivity contribution is 5.88. The maximum Gasteiger partial charge on any atom is 0.408 e. The number of ether oxygens (including phenoxy) is 1. The minimum Gasteiger partial charge on any atom is -0.478 e. The van der Waals surface area contributed by atoms with Gasteiger partial charge in [0.2, 0.25) is 0 Å². The van der Waals surface area contributed by atoms with Gasteiger partial charge < -0.3 is 19.7 Å².